The Morgan fingerprint density at radius 3 is 2.10 bits per heavy atom. The van der Waals surface area contributed by atoms with E-state index in [1.54, 1.807) is 13.8 Å². The van der Waals surface area contributed by atoms with Crippen LogP contribution in [0.4, 0.5) is 0 Å². The quantitative estimate of drug-likeness (QED) is 0.549. The molecule has 0 fully saturated rings. The second kappa shape index (κ2) is 5.90. The molecule has 0 amide bonds. The minimum atomic E-state index is -2.77. The maximum Gasteiger partial charge on any atom is 0.750 e. The fraction of sp³-hybridized carbons (Fsp3) is 0.750. The number of carbonyl (C=O) groups excluding carboxylic acids is 1. The van der Waals surface area contributed by atoms with Gasteiger partial charge in [0, 0.05) is 24.0 Å². The third-order valence-electron chi connectivity index (χ3n) is 0.639. The fourth-order valence-corrected chi connectivity index (χ4v) is 0.547. The Labute approximate surface area is 72.7 Å². The van der Waals surface area contributed by atoms with Crippen LogP contribution in [0, 0.1) is 5.92 Å². The molecule has 0 radical (unpaired) electrons. The molecule has 0 aromatic rings. The molecule has 6 heteroatoms. The normalized spacial score (nSPS) is 10.2. The van der Waals surface area contributed by atoms with Gasteiger partial charge in [-0.05, 0) is 0 Å². The smallest absolute Gasteiger partial charge is 0.246 e. The van der Waals surface area contributed by atoms with Gasteiger partial charge < -0.3 is 0 Å². The van der Waals surface area contributed by atoms with E-state index in [1.807, 2.05) is 0 Å². The molecular formula is C4H8O4PZn+. The summed E-state index contributed by atoms with van der Waals surface area (Å²) in [7, 11) is -2.77. The predicted octanol–water partition coefficient (Wildman–Crippen LogP) is 0.833. The van der Waals surface area contributed by atoms with Gasteiger partial charge in [-0.3, -0.25) is 0 Å². The second-order valence-corrected chi connectivity index (χ2v) is 2.46. The van der Waals surface area contributed by atoms with E-state index in [2.05, 4.69) is 4.52 Å². The molecule has 1 atom stereocenters. The van der Waals surface area contributed by atoms with Gasteiger partial charge in [-0.2, -0.15) is 4.52 Å². The summed E-state index contributed by atoms with van der Waals surface area (Å²) in [6.45, 7) is 3.17. The summed E-state index contributed by atoms with van der Waals surface area (Å²) in [4.78, 5) is 18.4. The van der Waals surface area contributed by atoms with E-state index in [0.717, 1.165) is 0 Å². The summed E-state index contributed by atoms with van der Waals surface area (Å²) in [5, 5.41) is 0. The van der Waals surface area contributed by atoms with E-state index in [0.29, 0.717) is 0 Å². The van der Waals surface area contributed by atoms with Crippen LogP contribution in [0.5, 0.6) is 0 Å². The average molecular weight is 216 g/mol. The number of hydrogen-bond donors (Lipinski definition) is 1. The van der Waals surface area contributed by atoms with Crippen LogP contribution in [0.15, 0.2) is 0 Å². The molecule has 0 aromatic heterocycles. The summed E-state index contributed by atoms with van der Waals surface area (Å²) in [5.74, 6) is -1.00. The number of carbonyl (C=O) groups is 1. The van der Waals surface area contributed by atoms with Crippen LogP contribution in [0.25, 0.3) is 0 Å². The molecule has 54 valence electrons. The first kappa shape index (κ1) is 12.8. The molecular weight excluding hydrogens is 208 g/mol. The van der Waals surface area contributed by atoms with Crippen molar-refractivity contribution in [1.82, 2.24) is 0 Å². The molecule has 1 unspecified atom stereocenters. The van der Waals surface area contributed by atoms with E-state index < -0.39 is 14.2 Å². The van der Waals surface area contributed by atoms with Gasteiger partial charge in [0.25, 0.3) is 0 Å². The van der Waals surface area contributed by atoms with Crippen molar-refractivity contribution in [3.63, 3.8) is 0 Å². The Balaban J connectivity index is 0. The molecule has 0 saturated carbocycles. The monoisotopic (exact) mass is 215 g/mol. The van der Waals surface area contributed by atoms with Crippen molar-refractivity contribution in [3.05, 3.63) is 0 Å². The summed E-state index contributed by atoms with van der Waals surface area (Å²) in [6, 6.07) is 0. The Morgan fingerprint density at radius 1 is 1.60 bits per heavy atom. The van der Waals surface area contributed by atoms with E-state index in [9.17, 15) is 9.36 Å². The minimum Gasteiger partial charge on any atom is -0.246 e. The first-order chi connectivity index (χ1) is 4.04. The van der Waals surface area contributed by atoms with Crippen molar-refractivity contribution in [2.24, 2.45) is 5.92 Å². The van der Waals surface area contributed by atoms with Crippen LogP contribution in [0.3, 0.4) is 0 Å². The van der Waals surface area contributed by atoms with Gasteiger partial charge in [-0.1, -0.05) is 13.8 Å². The van der Waals surface area contributed by atoms with Gasteiger partial charge >= 0.3 is 14.2 Å². The van der Waals surface area contributed by atoms with Crippen molar-refractivity contribution in [3.8, 4) is 0 Å². The molecule has 0 aliphatic rings. The molecule has 0 aliphatic heterocycles. The zero-order valence-corrected chi connectivity index (χ0v) is 9.77. The van der Waals surface area contributed by atoms with Crippen LogP contribution in [0.2, 0.25) is 0 Å². The van der Waals surface area contributed by atoms with Gasteiger partial charge in [0.15, 0.2) is 0 Å². The number of hydrogen-bond acceptors (Lipinski definition) is 3. The van der Waals surface area contributed by atoms with Crippen LogP contribution < -0.4 is 0 Å². The molecule has 0 aromatic carbocycles. The fourth-order valence-electron chi connectivity index (χ4n) is 0.182. The molecule has 10 heavy (non-hydrogen) atoms. The molecule has 0 spiro atoms. The standard InChI is InChI=1S/C4H7O4P.Zn/c1-3(2)4(5)8-9(6)7;/h3H,1-2H3;/p+1. The van der Waals surface area contributed by atoms with E-state index in [-0.39, 0.29) is 25.4 Å². The minimum absolute atomic E-state index is 0. The molecule has 1 N–H and O–H groups in total. The molecule has 0 aliphatic carbocycles. The summed E-state index contributed by atoms with van der Waals surface area (Å²) in [6.07, 6.45) is 0. The molecule has 0 saturated heterocycles. The van der Waals surface area contributed by atoms with Crippen LogP contribution in [-0.4, -0.2) is 10.9 Å². The predicted molar refractivity (Wildman–Crippen MR) is 30.8 cm³/mol. The van der Waals surface area contributed by atoms with E-state index in [1.165, 1.54) is 0 Å². The third kappa shape index (κ3) is 6.28. The Hall–Kier alpha value is 0.153. The zero-order valence-electron chi connectivity index (χ0n) is 5.90. The zero-order chi connectivity index (χ0) is 7.44. The molecule has 4 nitrogen and oxygen atoms in total. The van der Waals surface area contributed by atoms with Crippen LogP contribution >= 0.6 is 8.25 Å². The topological polar surface area (TPSA) is 63.6 Å². The maximum absolute atomic E-state index is 10.4. The van der Waals surface area contributed by atoms with Gasteiger partial charge in [0.1, 0.15) is 0 Å². The Kier molecular flexibility index (Phi) is 7.55. The van der Waals surface area contributed by atoms with Crippen LogP contribution in [0.1, 0.15) is 13.8 Å². The molecule has 0 rings (SSSR count). The van der Waals surface area contributed by atoms with Crippen molar-refractivity contribution in [1.29, 1.82) is 0 Å². The van der Waals surface area contributed by atoms with Crippen LogP contribution in [-0.2, 0) is 33.4 Å². The van der Waals surface area contributed by atoms with Crippen molar-refractivity contribution < 1.29 is 38.3 Å². The SMILES string of the molecule is CC(C)C(=O)O[P+](=O)O.[Zn]. The van der Waals surface area contributed by atoms with Gasteiger partial charge in [-0.25, -0.2) is 4.79 Å². The third-order valence-corrected chi connectivity index (χ3v) is 0.976. The summed E-state index contributed by atoms with van der Waals surface area (Å²) in [5.41, 5.74) is 0. The van der Waals surface area contributed by atoms with Gasteiger partial charge in [0.05, 0.1) is 5.92 Å². The largest absolute Gasteiger partial charge is 0.750 e. The summed E-state index contributed by atoms with van der Waals surface area (Å²) >= 11 is 0. The van der Waals surface area contributed by atoms with E-state index in [4.69, 9.17) is 4.89 Å². The van der Waals surface area contributed by atoms with Crippen molar-refractivity contribution in [2.75, 3.05) is 0 Å². The summed E-state index contributed by atoms with van der Waals surface area (Å²) < 4.78 is 13.8. The van der Waals surface area contributed by atoms with Crippen molar-refractivity contribution in [2.45, 2.75) is 13.8 Å². The van der Waals surface area contributed by atoms with Crippen molar-refractivity contribution >= 4 is 14.2 Å². The first-order valence-electron chi connectivity index (χ1n) is 2.42. The Bertz CT molecular complexity index is 135. The first-order valence-corrected chi connectivity index (χ1v) is 3.55. The number of rotatable bonds is 2. The molecule has 0 heterocycles. The van der Waals surface area contributed by atoms with Gasteiger partial charge in [0.2, 0.25) is 0 Å². The Morgan fingerprint density at radius 2 is 2.00 bits per heavy atom. The van der Waals surface area contributed by atoms with Gasteiger partial charge in [-0.15, -0.1) is 4.89 Å². The molecule has 0 bridgehead atoms. The van der Waals surface area contributed by atoms with E-state index >= 15 is 0 Å². The second-order valence-electron chi connectivity index (χ2n) is 1.80. The maximum atomic E-state index is 10.4. The average Bonchev–Trinajstić information content (AvgIpc) is 1.63.